The molecule has 1 saturated heterocycles. The van der Waals surface area contributed by atoms with Crippen LogP contribution in [-0.2, 0) is 11.3 Å². The highest BCUT2D eigenvalue weighted by Gasteiger charge is 2.35. The summed E-state index contributed by atoms with van der Waals surface area (Å²) in [6.45, 7) is 8.12. The predicted molar refractivity (Wildman–Crippen MR) is 87.1 cm³/mol. The minimum Gasteiger partial charge on any atom is -0.348 e. The smallest absolute Gasteiger partial charge is 0.273 e. The largest absolute Gasteiger partial charge is 0.348 e. The molecule has 1 aliphatic rings. The van der Waals surface area contributed by atoms with Crippen LogP contribution in [0.4, 0.5) is 4.39 Å². The lowest BCUT2D eigenvalue weighted by Gasteiger charge is -2.24. The van der Waals surface area contributed by atoms with Gasteiger partial charge in [0.05, 0.1) is 25.3 Å². The number of carbonyl (C=O) groups excluding carboxylic acids is 2. The van der Waals surface area contributed by atoms with Gasteiger partial charge in [0, 0.05) is 18.9 Å². The maximum Gasteiger partial charge on any atom is 0.273 e. The van der Waals surface area contributed by atoms with E-state index in [4.69, 9.17) is 0 Å². The Morgan fingerprint density at radius 2 is 2.08 bits per heavy atom. The minimum atomic E-state index is -1.02. The van der Waals surface area contributed by atoms with Gasteiger partial charge in [-0.15, -0.1) is 5.10 Å². The molecular weight excluding hydrogens is 313 g/mol. The van der Waals surface area contributed by atoms with Gasteiger partial charge >= 0.3 is 0 Å². The fraction of sp³-hybridized carbons (Fsp3) is 0.750. The highest BCUT2D eigenvalue weighted by Crippen LogP contribution is 2.23. The first-order chi connectivity index (χ1) is 11.3. The molecule has 1 N–H and O–H groups in total. The molecule has 1 aromatic heterocycles. The summed E-state index contributed by atoms with van der Waals surface area (Å²) in [4.78, 5) is 25.8. The molecule has 0 bridgehead atoms. The van der Waals surface area contributed by atoms with Gasteiger partial charge in [0.1, 0.15) is 6.17 Å². The maximum absolute atomic E-state index is 13.8. The monoisotopic (exact) mass is 339 g/mol. The van der Waals surface area contributed by atoms with Crippen molar-refractivity contribution in [3.05, 3.63) is 11.9 Å². The topological polar surface area (TPSA) is 80.1 Å². The van der Waals surface area contributed by atoms with E-state index in [2.05, 4.69) is 15.6 Å². The van der Waals surface area contributed by atoms with Crippen molar-refractivity contribution < 1.29 is 14.0 Å². The van der Waals surface area contributed by atoms with E-state index in [-0.39, 0.29) is 48.5 Å². The van der Waals surface area contributed by atoms with Crippen molar-refractivity contribution in [3.8, 4) is 0 Å². The zero-order valence-corrected chi connectivity index (χ0v) is 14.7. The molecule has 2 amide bonds. The third-order valence-electron chi connectivity index (χ3n) is 3.86. The fourth-order valence-corrected chi connectivity index (χ4v) is 2.85. The van der Waals surface area contributed by atoms with Crippen LogP contribution in [-0.4, -0.2) is 56.5 Å². The van der Waals surface area contributed by atoms with E-state index in [9.17, 15) is 14.0 Å². The standard InChI is InChI=1S/C16H26FN5O2/c1-10(2)5-15(23)22-7-12(17)6-13(22)8-21-9-14(19-20-21)16(24)18-11(3)4/h9-13H,5-8H2,1-4H3,(H,18,24)/t12-,13-/m0/s1. The molecule has 0 saturated carbocycles. The SMILES string of the molecule is CC(C)CC(=O)N1C[C@@H](F)C[C@H]1Cn1cc(C(=O)NC(C)C)nn1. The van der Waals surface area contributed by atoms with Crippen molar-refractivity contribution in [2.45, 2.75) is 65.3 Å². The molecule has 0 aromatic carbocycles. The van der Waals surface area contributed by atoms with Gasteiger partial charge in [-0.25, -0.2) is 9.07 Å². The number of aromatic nitrogens is 3. The number of likely N-dealkylation sites (tertiary alicyclic amines) is 1. The molecule has 2 atom stereocenters. The molecule has 7 nitrogen and oxygen atoms in total. The summed E-state index contributed by atoms with van der Waals surface area (Å²) in [6, 6.07) is -0.247. The molecular formula is C16H26FN5O2. The maximum atomic E-state index is 13.8. The molecule has 24 heavy (non-hydrogen) atoms. The van der Waals surface area contributed by atoms with Crippen LogP contribution in [0.15, 0.2) is 6.20 Å². The first-order valence-corrected chi connectivity index (χ1v) is 8.40. The normalized spacial score (nSPS) is 20.9. The molecule has 8 heteroatoms. The van der Waals surface area contributed by atoms with E-state index in [1.807, 2.05) is 27.7 Å². The number of hydrogen-bond donors (Lipinski definition) is 1. The number of amides is 2. The number of rotatable bonds is 6. The van der Waals surface area contributed by atoms with E-state index in [1.165, 1.54) is 10.9 Å². The van der Waals surface area contributed by atoms with Crippen LogP contribution < -0.4 is 5.32 Å². The summed E-state index contributed by atoms with van der Waals surface area (Å²) < 4.78 is 15.3. The number of halogens is 1. The van der Waals surface area contributed by atoms with Crippen LogP contribution in [0.3, 0.4) is 0 Å². The Morgan fingerprint density at radius 1 is 1.38 bits per heavy atom. The van der Waals surface area contributed by atoms with Gasteiger partial charge in [0.15, 0.2) is 5.69 Å². The van der Waals surface area contributed by atoms with Gasteiger partial charge in [-0.2, -0.15) is 0 Å². The Morgan fingerprint density at radius 3 is 2.71 bits per heavy atom. The highest BCUT2D eigenvalue weighted by molar-refractivity contribution is 5.91. The Kier molecular flexibility index (Phi) is 5.90. The molecule has 1 fully saturated rings. The Bertz CT molecular complexity index is 587. The quantitative estimate of drug-likeness (QED) is 0.849. The van der Waals surface area contributed by atoms with Crippen molar-refractivity contribution in [2.75, 3.05) is 6.54 Å². The Balaban J connectivity index is 2.02. The number of alkyl halides is 1. The number of nitrogens with one attached hydrogen (secondary N) is 1. The summed E-state index contributed by atoms with van der Waals surface area (Å²) in [5, 5.41) is 10.5. The zero-order valence-electron chi connectivity index (χ0n) is 14.7. The summed E-state index contributed by atoms with van der Waals surface area (Å²) in [7, 11) is 0. The molecule has 1 aliphatic heterocycles. The number of carbonyl (C=O) groups is 2. The van der Waals surface area contributed by atoms with Gasteiger partial charge in [0.25, 0.3) is 5.91 Å². The number of nitrogens with zero attached hydrogens (tertiary/aromatic N) is 4. The van der Waals surface area contributed by atoms with Crippen LogP contribution in [0.1, 0.15) is 51.0 Å². The molecule has 134 valence electrons. The third kappa shape index (κ3) is 4.75. The van der Waals surface area contributed by atoms with Gasteiger partial charge in [-0.1, -0.05) is 19.1 Å². The highest BCUT2D eigenvalue weighted by atomic mass is 19.1. The Hall–Kier alpha value is -1.99. The third-order valence-corrected chi connectivity index (χ3v) is 3.86. The van der Waals surface area contributed by atoms with E-state index in [1.54, 1.807) is 4.90 Å². The van der Waals surface area contributed by atoms with E-state index >= 15 is 0 Å². The van der Waals surface area contributed by atoms with E-state index < -0.39 is 6.17 Å². The molecule has 2 heterocycles. The molecule has 0 unspecified atom stereocenters. The number of hydrogen-bond acceptors (Lipinski definition) is 4. The molecule has 0 radical (unpaired) electrons. The van der Waals surface area contributed by atoms with Crippen LogP contribution in [0.2, 0.25) is 0 Å². The second kappa shape index (κ2) is 7.72. The van der Waals surface area contributed by atoms with Crippen molar-refractivity contribution >= 4 is 11.8 Å². The van der Waals surface area contributed by atoms with Gasteiger partial charge < -0.3 is 10.2 Å². The van der Waals surface area contributed by atoms with Crippen molar-refractivity contribution in [2.24, 2.45) is 5.92 Å². The minimum absolute atomic E-state index is 0.00826. The van der Waals surface area contributed by atoms with Gasteiger partial charge in [-0.05, 0) is 19.8 Å². The lowest BCUT2D eigenvalue weighted by Crippen LogP contribution is -2.38. The summed E-state index contributed by atoms with van der Waals surface area (Å²) in [6.07, 6.45) is 1.21. The lowest BCUT2D eigenvalue weighted by molar-refractivity contribution is -0.133. The van der Waals surface area contributed by atoms with Crippen LogP contribution in [0.25, 0.3) is 0 Å². The fourth-order valence-electron chi connectivity index (χ4n) is 2.85. The van der Waals surface area contributed by atoms with Crippen LogP contribution in [0.5, 0.6) is 0 Å². The second-order valence-electron chi connectivity index (χ2n) is 7.08. The van der Waals surface area contributed by atoms with E-state index in [0.29, 0.717) is 13.0 Å². The molecule has 2 rings (SSSR count). The van der Waals surface area contributed by atoms with Crippen LogP contribution >= 0.6 is 0 Å². The average molecular weight is 339 g/mol. The second-order valence-corrected chi connectivity index (χ2v) is 7.08. The molecule has 0 aliphatic carbocycles. The summed E-state index contributed by atoms with van der Waals surface area (Å²) >= 11 is 0. The van der Waals surface area contributed by atoms with Crippen molar-refractivity contribution in [1.29, 1.82) is 0 Å². The first kappa shape index (κ1) is 18.4. The van der Waals surface area contributed by atoms with Crippen LogP contribution in [0, 0.1) is 5.92 Å². The Labute approximate surface area is 141 Å². The first-order valence-electron chi connectivity index (χ1n) is 8.40. The molecule has 1 aromatic rings. The van der Waals surface area contributed by atoms with Gasteiger partial charge in [0.2, 0.25) is 5.91 Å². The zero-order chi connectivity index (χ0) is 17.9. The summed E-state index contributed by atoms with van der Waals surface area (Å²) in [5.74, 6) is -0.0960. The van der Waals surface area contributed by atoms with E-state index in [0.717, 1.165) is 0 Å². The van der Waals surface area contributed by atoms with Crippen molar-refractivity contribution in [3.63, 3.8) is 0 Å². The molecule has 0 spiro atoms. The summed E-state index contributed by atoms with van der Waals surface area (Å²) in [5.41, 5.74) is 0.221. The lowest BCUT2D eigenvalue weighted by atomic mass is 10.1. The van der Waals surface area contributed by atoms with Gasteiger partial charge in [-0.3, -0.25) is 9.59 Å². The predicted octanol–water partition coefficient (Wildman–Crippen LogP) is 1.40. The average Bonchev–Trinajstić information content (AvgIpc) is 3.04. The van der Waals surface area contributed by atoms with Crippen molar-refractivity contribution in [1.82, 2.24) is 25.2 Å².